The van der Waals surface area contributed by atoms with E-state index in [4.69, 9.17) is 5.84 Å². The molecule has 0 saturated heterocycles. The zero-order valence-corrected chi connectivity index (χ0v) is 13.1. The maximum absolute atomic E-state index is 9.93. The number of aliphatic hydroxyl groups excluding tert-OH is 1. The molecule has 0 aliphatic rings. The van der Waals surface area contributed by atoms with E-state index in [-0.39, 0.29) is 12.0 Å². The molecule has 0 radical (unpaired) electrons. The average Bonchev–Trinajstić information content (AvgIpc) is 2.36. The van der Waals surface area contributed by atoms with Crippen LogP contribution in [-0.2, 0) is 0 Å². The molecule has 0 bridgehead atoms. The number of nitrogens with two attached hydrogens (primary N) is 1. The molecule has 0 aliphatic carbocycles. The quantitative estimate of drug-likeness (QED) is 0.451. The molecule has 6 heteroatoms. The second-order valence-electron chi connectivity index (χ2n) is 5.87. The van der Waals surface area contributed by atoms with Gasteiger partial charge in [-0.1, -0.05) is 27.7 Å². The highest BCUT2D eigenvalue weighted by Crippen LogP contribution is 2.22. The van der Waals surface area contributed by atoms with Crippen LogP contribution >= 0.6 is 0 Å². The van der Waals surface area contributed by atoms with E-state index in [0.717, 1.165) is 23.6 Å². The number of rotatable bonds is 7. The van der Waals surface area contributed by atoms with Crippen LogP contribution in [0.1, 0.15) is 51.4 Å². The van der Waals surface area contributed by atoms with Crippen molar-refractivity contribution in [1.29, 1.82) is 0 Å². The molecule has 20 heavy (non-hydrogen) atoms. The van der Waals surface area contributed by atoms with Crippen LogP contribution < -0.4 is 16.6 Å². The van der Waals surface area contributed by atoms with E-state index < -0.39 is 0 Å². The molecule has 114 valence electrons. The van der Waals surface area contributed by atoms with E-state index in [0.29, 0.717) is 18.3 Å². The monoisotopic (exact) mass is 281 g/mol. The molecule has 1 unspecified atom stereocenters. The summed E-state index contributed by atoms with van der Waals surface area (Å²) in [5, 5.41) is 13.1. The lowest BCUT2D eigenvalue weighted by atomic mass is 10.1. The summed E-state index contributed by atoms with van der Waals surface area (Å²) in [6.45, 7) is 10.6. The number of hydrogen-bond acceptors (Lipinski definition) is 6. The number of hydrogen-bond donors (Lipinski definition) is 4. The van der Waals surface area contributed by atoms with E-state index >= 15 is 0 Å². The molecule has 0 spiro atoms. The minimum Gasteiger partial charge on any atom is -0.391 e. The maximum Gasteiger partial charge on any atom is 0.148 e. The van der Waals surface area contributed by atoms with Gasteiger partial charge in [0.25, 0.3) is 0 Å². The van der Waals surface area contributed by atoms with Crippen molar-refractivity contribution in [3.8, 4) is 0 Å². The third-order valence-electron chi connectivity index (χ3n) is 3.06. The first kappa shape index (κ1) is 16.7. The van der Waals surface area contributed by atoms with Gasteiger partial charge < -0.3 is 15.8 Å². The van der Waals surface area contributed by atoms with Gasteiger partial charge in [-0.3, -0.25) is 0 Å². The highest BCUT2D eigenvalue weighted by Gasteiger charge is 2.14. The summed E-state index contributed by atoms with van der Waals surface area (Å²) >= 11 is 0. The van der Waals surface area contributed by atoms with Gasteiger partial charge in [-0.2, -0.15) is 0 Å². The van der Waals surface area contributed by atoms with Gasteiger partial charge in [-0.15, -0.1) is 0 Å². The normalized spacial score (nSPS) is 12.8. The van der Waals surface area contributed by atoms with Gasteiger partial charge in [0.05, 0.1) is 6.10 Å². The molecule has 0 aromatic carbocycles. The van der Waals surface area contributed by atoms with Crippen LogP contribution in [0, 0.1) is 12.8 Å². The number of anilines is 2. The Labute approximate surface area is 121 Å². The highest BCUT2D eigenvalue weighted by molar-refractivity contribution is 5.56. The lowest BCUT2D eigenvalue weighted by molar-refractivity contribution is 0.161. The first-order chi connectivity index (χ1) is 9.35. The number of nitrogen functional groups attached to an aromatic ring is 1. The largest absolute Gasteiger partial charge is 0.391 e. The van der Waals surface area contributed by atoms with Crippen molar-refractivity contribution in [2.45, 2.75) is 53.1 Å². The first-order valence-corrected chi connectivity index (χ1v) is 7.12. The molecule has 0 saturated carbocycles. The average molecular weight is 281 g/mol. The zero-order valence-electron chi connectivity index (χ0n) is 13.1. The lowest BCUT2D eigenvalue weighted by Crippen LogP contribution is -2.23. The fourth-order valence-electron chi connectivity index (χ4n) is 1.95. The van der Waals surface area contributed by atoms with Crippen molar-refractivity contribution in [3.05, 3.63) is 11.4 Å². The van der Waals surface area contributed by atoms with Crippen LogP contribution in [0.2, 0.25) is 0 Å². The molecular formula is C14H27N5O. The minimum atomic E-state index is -0.388. The molecule has 5 N–H and O–H groups in total. The fourth-order valence-corrected chi connectivity index (χ4v) is 1.95. The Bertz CT molecular complexity index is 434. The number of nitrogens with one attached hydrogen (secondary N) is 2. The van der Waals surface area contributed by atoms with Crippen LogP contribution in [0.5, 0.6) is 0 Å². The molecule has 1 aromatic heterocycles. The van der Waals surface area contributed by atoms with Crippen LogP contribution in [-0.4, -0.2) is 27.7 Å². The predicted octanol–water partition coefficient (Wildman–Crippen LogP) is 2.01. The van der Waals surface area contributed by atoms with Gasteiger partial charge in [0, 0.05) is 18.0 Å². The van der Waals surface area contributed by atoms with E-state index in [2.05, 4.69) is 34.6 Å². The van der Waals surface area contributed by atoms with Gasteiger partial charge in [-0.25, -0.2) is 15.8 Å². The molecule has 0 fully saturated rings. The van der Waals surface area contributed by atoms with Gasteiger partial charge in [-0.05, 0) is 19.3 Å². The summed E-state index contributed by atoms with van der Waals surface area (Å²) in [4.78, 5) is 8.88. The number of nitrogens with zero attached hydrogens (tertiary/aromatic N) is 2. The smallest absolute Gasteiger partial charge is 0.148 e. The van der Waals surface area contributed by atoms with E-state index in [9.17, 15) is 5.11 Å². The second-order valence-corrected chi connectivity index (χ2v) is 5.87. The third-order valence-corrected chi connectivity index (χ3v) is 3.06. The summed E-state index contributed by atoms with van der Waals surface area (Å²) in [6.07, 6.45) is 0.372. The molecule has 1 rings (SSSR count). The Hall–Kier alpha value is -1.40. The number of aromatic nitrogens is 2. The highest BCUT2D eigenvalue weighted by atomic mass is 16.3. The molecule has 6 nitrogen and oxygen atoms in total. The van der Waals surface area contributed by atoms with Crippen LogP contribution in [0.4, 0.5) is 11.6 Å². The van der Waals surface area contributed by atoms with Gasteiger partial charge >= 0.3 is 0 Å². The number of hydrazine groups is 1. The van der Waals surface area contributed by atoms with E-state index in [1.165, 1.54) is 0 Å². The molecule has 0 amide bonds. The summed E-state index contributed by atoms with van der Waals surface area (Å²) in [7, 11) is 0. The maximum atomic E-state index is 9.93. The molecule has 1 atom stereocenters. The molecule has 1 aromatic rings. The SMILES string of the molecule is Cc1c(NN)nc(C(C)C)nc1NCC(O)CC(C)C. The summed E-state index contributed by atoms with van der Waals surface area (Å²) < 4.78 is 0. The Morgan fingerprint density at radius 2 is 1.75 bits per heavy atom. The Kier molecular flexibility index (Phi) is 6.16. The number of aliphatic hydroxyl groups is 1. The van der Waals surface area contributed by atoms with Crippen molar-refractivity contribution in [2.75, 3.05) is 17.3 Å². The van der Waals surface area contributed by atoms with Gasteiger partial charge in [0.2, 0.25) is 0 Å². The standard InChI is InChI=1S/C14H27N5O/c1-8(2)6-11(20)7-16-13-10(5)14(19-15)18-12(17-13)9(3)4/h8-9,11,20H,6-7,15H2,1-5H3,(H2,16,17,18,19). The zero-order chi connectivity index (χ0) is 15.3. The Balaban J connectivity index is 2.85. The van der Waals surface area contributed by atoms with E-state index in [1.807, 2.05) is 20.8 Å². The summed E-state index contributed by atoms with van der Waals surface area (Å²) in [5.41, 5.74) is 3.45. The van der Waals surface area contributed by atoms with Crippen LogP contribution in [0.3, 0.4) is 0 Å². The van der Waals surface area contributed by atoms with Crippen molar-refractivity contribution in [2.24, 2.45) is 11.8 Å². The van der Waals surface area contributed by atoms with Crippen molar-refractivity contribution < 1.29 is 5.11 Å². The topological polar surface area (TPSA) is 96.1 Å². The molecule has 1 heterocycles. The van der Waals surface area contributed by atoms with Gasteiger partial charge in [0.1, 0.15) is 17.5 Å². The second kappa shape index (κ2) is 7.40. The van der Waals surface area contributed by atoms with Gasteiger partial charge in [0.15, 0.2) is 0 Å². The first-order valence-electron chi connectivity index (χ1n) is 7.12. The van der Waals surface area contributed by atoms with Crippen molar-refractivity contribution >= 4 is 11.6 Å². The van der Waals surface area contributed by atoms with E-state index in [1.54, 1.807) is 0 Å². The Morgan fingerprint density at radius 3 is 2.25 bits per heavy atom. The molecule has 0 aliphatic heterocycles. The minimum absolute atomic E-state index is 0.212. The fraction of sp³-hybridized carbons (Fsp3) is 0.714. The molecular weight excluding hydrogens is 254 g/mol. The van der Waals surface area contributed by atoms with Crippen molar-refractivity contribution in [3.63, 3.8) is 0 Å². The predicted molar refractivity (Wildman–Crippen MR) is 82.6 cm³/mol. The lowest BCUT2D eigenvalue weighted by Gasteiger charge is -2.18. The summed E-state index contributed by atoms with van der Waals surface area (Å²) in [6, 6.07) is 0. The summed E-state index contributed by atoms with van der Waals surface area (Å²) in [5.74, 6) is 8.23. The third kappa shape index (κ3) is 4.61. The van der Waals surface area contributed by atoms with Crippen LogP contribution in [0.25, 0.3) is 0 Å². The van der Waals surface area contributed by atoms with Crippen LogP contribution in [0.15, 0.2) is 0 Å². The Morgan fingerprint density at radius 1 is 1.15 bits per heavy atom. The van der Waals surface area contributed by atoms with Crippen molar-refractivity contribution in [1.82, 2.24) is 9.97 Å².